The largest absolute Gasteiger partial charge is 0.387 e. The standard InChI is InChI=1S/C54H41N7/c55-52(39-23-16-24-40(33-39)53-56-46(36-17-4-1-5-18-36)35-47(57-53)37-19-6-2-7-20-37)58-54(38-21-8-3-9-22-38)59-61-50-30-15-12-27-44(50)45-34-41(31-32-51(45)61)60-48-28-13-10-25-42(48)43-26-11-14-29-49(43)60/h1-8,10-21,24-35,39H,9,22-23H2,(H2,55,58,59). The number of allylic oxidation sites excluding steroid dienone is 6. The molecular formula is C54H41N7. The van der Waals surface area contributed by atoms with Gasteiger partial charge in [-0.1, -0.05) is 152 Å². The molecule has 7 nitrogen and oxygen atoms in total. The first kappa shape index (κ1) is 36.2. The average Bonchev–Trinajstić information content (AvgIpc) is 3.84. The number of para-hydroxylation sites is 3. The van der Waals surface area contributed by atoms with Crippen molar-refractivity contribution in [2.24, 2.45) is 21.7 Å². The van der Waals surface area contributed by atoms with Gasteiger partial charge in [-0.25, -0.2) is 19.6 Å². The van der Waals surface area contributed by atoms with Crippen molar-refractivity contribution >= 4 is 60.9 Å². The number of nitrogens with two attached hydrogens (primary N) is 1. The molecule has 3 aromatic heterocycles. The van der Waals surface area contributed by atoms with Crippen LogP contribution in [0.15, 0.2) is 210 Å². The van der Waals surface area contributed by atoms with E-state index in [0.29, 0.717) is 23.9 Å². The van der Waals surface area contributed by atoms with Gasteiger partial charge in [-0.3, -0.25) is 0 Å². The molecule has 6 aromatic carbocycles. The van der Waals surface area contributed by atoms with Crippen LogP contribution in [0, 0.1) is 5.92 Å². The van der Waals surface area contributed by atoms with Crippen LogP contribution >= 0.6 is 0 Å². The summed E-state index contributed by atoms with van der Waals surface area (Å²) in [4.78, 5) is 15.4. The third-order valence-electron chi connectivity index (χ3n) is 11.8. The summed E-state index contributed by atoms with van der Waals surface area (Å²) in [6, 6.07) is 55.0. The molecule has 1 unspecified atom stereocenters. The Morgan fingerprint density at radius 2 is 1.20 bits per heavy atom. The van der Waals surface area contributed by atoms with E-state index in [0.717, 1.165) is 74.0 Å². The second-order valence-electron chi connectivity index (χ2n) is 15.6. The predicted molar refractivity (Wildman–Crippen MR) is 253 cm³/mol. The van der Waals surface area contributed by atoms with Crippen LogP contribution in [-0.2, 0) is 0 Å². The van der Waals surface area contributed by atoms with Gasteiger partial charge in [0.25, 0.3) is 0 Å². The lowest BCUT2D eigenvalue weighted by Gasteiger charge is -2.18. The zero-order chi connectivity index (χ0) is 40.7. The molecule has 0 fully saturated rings. The predicted octanol–water partition coefficient (Wildman–Crippen LogP) is 12.5. The monoisotopic (exact) mass is 787 g/mol. The number of hydrogen-bond donors (Lipinski definition) is 1. The van der Waals surface area contributed by atoms with Gasteiger partial charge in [-0.15, -0.1) is 5.10 Å². The van der Waals surface area contributed by atoms with Crippen LogP contribution in [0.3, 0.4) is 0 Å². The minimum Gasteiger partial charge on any atom is -0.387 e. The number of benzene rings is 6. The van der Waals surface area contributed by atoms with Gasteiger partial charge >= 0.3 is 0 Å². The first-order valence-electron chi connectivity index (χ1n) is 20.9. The molecular weight excluding hydrogens is 747 g/mol. The van der Waals surface area contributed by atoms with Crippen molar-refractivity contribution in [3.63, 3.8) is 0 Å². The highest BCUT2D eigenvalue weighted by atomic mass is 15.4. The molecule has 3 heterocycles. The van der Waals surface area contributed by atoms with Crippen LogP contribution in [0.25, 0.3) is 77.4 Å². The second kappa shape index (κ2) is 15.4. The van der Waals surface area contributed by atoms with Gasteiger partial charge in [-0.05, 0) is 67.3 Å². The van der Waals surface area contributed by atoms with Gasteiger partial charge in [0.05, 0.1) is 33.5 Å². The number of aliphatic imine (C=N–C) groups is 1. The molecule has 7 heteroatoms. The molecule has 0 spiro atoms. The number of nitrogens with zero attached hydrogens (tertiary/aromatic N) is 6. The van der Waals surface area contributed by atoms with Crippen molar-refractivity contribution in [1.82, 2.24) is 19.2 Å². The van der Waals surface area contributed by atoms with Crippen LogP contribution in [-0.4, -0.2) is 30.9 Å². The Balaban J connectivity index is 1.02. The Labute approximate surface area is 353 Å². The van der Waals surface area contributed by atoms with E-state index in [1.54, 1.807) is 0 Å². The molecule has 2 aliphatic rings. The summed E-state index contributed by atoms with van der Waals surface area (Å²) in [6.45, 7) is 0. The molecule has 0 radical (unpaired) electrons. The van der Waals surface area contributed by atoms with E-state index in [4.69, 9.17) is 25.8 Å². The van der Waals surface area contributed by atoms with Gasteiger partial charge < -0.3 is 10.3 Å². The maximum absolute atomic E-state index is 7.05. The van der Waals surface area contributed by atoms with Crippen LogP contribution in [0.1, 0.15) is 25.1 Å². The van der Waals surface area contributed by atoms with Crippen LogP contribution in [0.4, 0.5) is 0 Å². The first-order chi connectivity index (χ1) is 30.2. The lowest BCUT2D eigenvalue weighted by molar-refractivity contribution is 0.858. The topological polar surface area (TPSA) is 86.4 Å². The molecule has 2 aliphatic carbocycles. The highest BCUT2D eigenvalue weighted by Crippen LogP contribution is 2.36. The number of fused-ring (bicyclic) bond motifs is 6. The van der Waals surface area contributed by atoms with Crippen LogP contribution < -0.4 is 5.73 Å². The van der Waals surface area contributed by atoms with Gasteiger partial charge in [0.1, 0.15) is 5.84 Å². The molecule has 11 rings (SSSR count). The van der Waals surface area contributed by atoms with E-state index in [2.05, 4.69) is 162 Å². The highest BCUT2D eigenvalue weighted by Gasteiger charge is 2.21. The van der Waals surface area contributed by atoms with Crippen molar-refractivity contribution < 1.29 is 0 Å². The van der Waals surface area contributed by atoms with Gasteiger partial charge in [0, 0.05) is 49.9 Å². The third-order valence-corrected chi connectivity index (χ3v) is 11.8. The third kappa shape index (κ3) is 6.66. The zero-order valence-electron chi connectivity index (χ0n) is 33.4. The first-order valence-corrected chi connectivity index (χ1v) is 20.9. The Kier molecular flexibility index (Phi) is 9.12. The molecule has 0 saturated heterocycles. The molecule has 0 saturated carbocycles. The molecule has 0 bridgehead atoms. The highest BCUT2D eigenvalue weighted by molar-refractivity contribution is 6.13. The summed E-state index contributed by atoms with van der Waals surface area (Å²) in [6.07, 6.45) is 15.2. The van der Waals surface area contributed by atoms with E-state index >= 15 is 0 Å². The summed E-state index contributed by atoms with van der Waals surface area (Å²) in [5.41, 5.74) is 18.2. The quantitative estimate of drug-likeness (QED) is 0.129. The maximum Gasteiger partial charge on any atom is 0.177 e. The lowest BCUT2D eigenvalue weighted by Crippen LogP contribution is -2.25. The van der Waals surface area contributed by atoms with Crippen molar-refractivity contribution in [2.75, 3.05) is 0 Å². The van der Waals surface area contributed by atoms with E-state index in [1.165, 1.54) is 21.8 Å². The summed E-state index contributed by atoms with van der Waals surface area (Å²) in [5.74, 6) is 1.57. The van der Waals surface area contributed by atoms with E-state index in [9.17, 15) is 0 Å². The number of amidine groups is 2. The molecule has 0 amide bonds. The Morgan fingerprint density at radius 3 is 1.84 bits per heavy atom. The summed E-state index contributed by atoms with van der Waals surface area (Å²) >= 11 is 0. The second-order valence-corrected chi connectivity index (χ2v) is 15.6. The van der Waals surface area contributed by atoms with E-state index < -0.39 is 0 Å². The lowest BCUT2D eigenvalue weighted by atomic mass is 9.94. The summed E-state index contributed by atoms with van der Waals surface area (Å²) in [5, 5.41) is 10.1. The van der Waals surface area contributed by atoms with E-state index in [-0.39, 0.29) is 5.92 Å². The molecule has 292 valence electrons. The fourth-order valence-electron chi connectivity index (χ4n) is 8.76. The van der Waals surface area contributed by atoms with Gasteiger partial charge in [-0.2, -0.15) is 0 Å². The fraction of sp³-hybridized carbons (Fsp3) is 0.0741. The molecule has 0 aliphatic heterocycles. The average molecular weight is 788 g/mol. The molecule has 61 heavy (non-hydrogen) atoms. The Hall–Kier alpha value is -7.90. The number of rotatable bonds is 7. The molecule has 2 N–H and O–H groups in total. The van der Waals surface area contributed by atoms with Gasteiger partial charge in [0.15, 0.2) is 11.7 Å². The Morgan fingerprint density at radius 1 is 0.607 bits per heavy atom. The normalized spacial score (nSPS) is 15.8. The Bertz CT molecular complexity index is 3230. The SMILES string of the molecule is NC(=NC(=Nn1c2ccccc2c2cc(-n3c4ccccc4c4ccccc43)ccc21)C1=CC=CCC1)C1C=C(c2nc(-c3ccccc3)cc(-c3ccccc3)n2)C=CC1. The van der Waals surface area contributed by atoms with Gasteiger partial charge in [0.2, 0.25) is 0 Å². The summed E-state index contributed by atoms with van der Waals surface area (Å²) < 4.78 is 4.41. The fourth-order valence-corrected chi connectivity index (χ4v) is 8.76. The number of aromatic nitrogens is 4. The van der Waals surface area contributed by atoms with Crippen LogP contribution in [0.5, 0.6) is 0 Å². The maximum atomic E-state index is 7.05. The molecule has 1 atom stereocenters. The van der Waals surface area contributed by atoms with Crippen molar-refractivity contribution in [2.45, 2.75) is 19.3 Å². The van der Waals surface area contributed by atoms with Crippen LogP contribution in [0.2, 0.25) is 0 Å². The van der Waals surface area contributed by atoms with Crippen molar-refractivity contribution in [3.8, 4) is 28.2 Å². The minimum absolute atomic E-state index is 0.180. The smallest absolute Gasteiger partial charge is 0.177 e. The summed E-state index contributed by atoms with van der Waals surface area (Å²) in [7, 11) is 0. The van der Waals surface area contributed by atoms with E-state index in [1.807, 2.05) is 41.1 Å². The van der Waals surface area contributed by atoms with Crippen molar-refractivity contribution in [3.05, 3.63) is 206 Å². The molecule has 9 aromatic rings. The van der Waals surface area contributed by atoms with Crippen molar-refractivity contribution in [1.29, 1.82) is 0 Å². The zero-order valence-corrected chi connectivity index (χ0v) is 33.4. The number of hydrogen-bond acceptors (Lipinski definition) is 3. The minimum atomic E-state index is -0.180.